The van der Waals surface area contributed by atoms with Gasteiger partial charge in [-0.25, -0.2) is 0 Å². The second kappa shape index (κ2) is 9.31. The van der Waals surface area contributed by atoms with Crippen LogP contribution in [0.1, 0.15) is 31.9 Å². The summed E-state index contributed by atoms with van der Waals surface area (Å²) >= 11 is 0. The van der Waals surface area contributed by atoms with Gasteiger partial charge in [0.2, 0.25) is 0 Å². The molecule has 0 spiro atoms. The lowest BCUT2D eigenvalue weighted by Crippen LogP contribution is -2.45. The van der Waals surface area contributed by atoms with Crippen molar-refractivity contribution in [1.29, 1.82) is 0 Å². The van der Waals surface area contributed by atoms with Crippen LogP contribution < -0.4 is 15.0 Å². The SMILES string of the molecule is CN1CCN(c2ccccc2CNC(=O)COc2cccc(C(C)(C)C)c2)CC1. The number of carbonyl (C=O) groups excluding carboxylic acids is 1. The van der Waals surface area contributed by atoms with Crippen molar-refractivity contribution in [2.75, 3.05) is 44.7 Å². The average molecular weight is 396 g/mol. The molecule has 156 valence electrons. The minimum atomic E-state index is -0.112. The van der Waals surface area contributed by atoms with Crippen LogP contribution in [0, 0.1) is 0 Å². The number of amides is 1. The molecule has 0 atom stereocenters. The third kappa shape index (κ3) is 5.97. The Bertz CT molecular complexity index is 821. The Hall–Kier alpha value is -2.53. The number of likely N-dealkylation sites (N-methyl/N-ethyl adjacent to an activating group) is 1. The first-order valence-electron chi connectivity index (χ1n) is 10.3. The van der Waals surface area contributed by atoms with Crippen molar-refractivity contribution in [3.05, 3.63) is 59.7 Å². The molecule has 2 aromatic rings. The van der Waals surface area contributed by atoms with Gasteiger partial charge < -0.3 is 19.9 Å². The molecule has 0 saturated carbocycles. The molecule has 1 heterocycles. The number of nitrogens with one attached hydrogen (secondary N) is 1. The van der Waals surface area contributed by atoms with E-state index in [4.69, 9.17) is 4.74 Å². The number of piperazine rings is 1. The molecular weight excluding hydrogens is 362 g/mol. The molecule has 0 unspecified atom stereocenters. The van der Waals surface area contributed by atoms with E-state index in [-0.39, 0.29) is 17.9 Å². The van der Waals surface area contributed by atoms with E-state index < -0.39 is 0 Å². The van der Waals surface area contributed by atoms with E-state index in [9.17, 15) is 4.79 Å². The van der Waals surface area contributed by atoms with Crippen LogP contribution in [0.5, 0.6) is 5.75 Å². The van der Waals surface area contributed by atoms with E-state index in [0.29, 0.717) is 6.54 Å². The van der Waals surface area contributed by atoms with Crippen molar-refractivity contribution in [2.45, 2.75) is 32.7 Å². The van der Waals surface area contributed by atoms with Gasteiger partial charge in [-0.2, -0.15) is 0 Å². The Morgan fingerprint density at radius 1 is 1.03 bits per heavy atom. The lowest BCUT2D eigenvalue weighted by atomic mass is 9.87. The number of para-hydroxylation sites is 1. The van der Waals surface area contributed by atoms with Crippen LogP contribution in [-0.4, -0.2) is 50.6 Å². The van der Waals surface area contributed by atoms with Gasteiger partial charge >= 0.3 is 0 Å². The molecule has 0 radical (unpaired) electrons. The van der Waals surface area contributed by atoms with Gasteiger partial charge in [0.1, 0.15) is 5.75 Å². The van der Waals surface area contributed by atoms with Gasteiger partial charge in [-0.05, 0) is 41.8 Å². The van der Waals surface area contributed by atoms with Crippen molar-refractivity contribution in [3.8, 4) is 5.75 Å². The molecule has 0 aliphatic carbocycles. The highest BCUT2D eigenvalue weighted by Gasteiger charge is 2.17. The number of carbonyl (C=O) groups is 1. The zero-order valence-electron chi connectivity index (χ0n) is 18.1. The topological polar surface area (TPSA) is 44.8 Å². The maximum absolute atomic E-state index is 12.3. The van der Waals surface area contributed by atoms with Crippen LogP contribution >= 0.6 is 0 Å². The monoisotopic (exact) mass is 395 g/mol. The summed E-state index contributed by atoms with van der Waals surface area (Å²) in [5.74, 6) is 0.616. The summed E-state index contributed by atoms with van der Waals surface area (Å²) in [6, 6.07) is 16.3. The first kappa shape index (κ1) is 21.2. The number of hydrogen-bond acceptors (Lipinski definition) is 4. The largest absolute Gasteiger partial charge is 0.484 e. The Morgan fingerprint density at radius 2 is 1.76 bits per heavy atom. The van der Waals surface area contributed by atoms with Gasteiger partial charge in [-0.1, -0.05) is 51.1 Å². The highest BCUT2D eigenvalue weighted by molar-refractivity contribution is 5.77. The zero-order chi connectivity index (χ0) is 20.9. The van der Waals surface area contributed by atoms with Gasteiger partial charge in [0, 0.05) is 38.4 Å². The molecule has 3 rings (SSSR count). The van der Waals surface area contributed by atoms with Crippen LogP contribution in [-0.2, 0) is 16.8 Å². The number of anilines is 1. The average Bonchev–Trinajstić information content (AvgIpc) is 2.71. The molecule has 0 aromatic heterocycles. The molecule has 1 saturated heterocycles. The van der Waals surface area contributed by atoms with E-state index in [1.54, 1.807) is 0 Å². The molecule has 0 bridgehead atoms. The second-order valence-corrected chi connectivity index (χ2v) is 8.76. The molecule has 1 amide bonds. The molecule has 5 nitrogen and oxygen atoms in total. The van der Waals surface area contributed by atoms with Crippen molar-refractivity contribution >= 4 is 11.6 Å². The summed E-state index contributed by atoms with van der Waals surface area (Å²) in [5, 5.41) is 3.00. The zero-order valence-corrected chi connectivity index (χ0v) is 18.1. The van der Waals surface area contributed by atoms with Crippen molar-refractivity contribution in [2.24, 2.45) is 0 Å². The Labute approximate surface area is 174 Å². The standard InChI is InChI=1S/C24H33N3O2/c1-24(2,3)20-9-7-10-21(16-20)29-18-23(28)25-17-19-8-5-6-11-22(19)27-14-12-26(4)13-15-27/h5-11,16H,12-15,17-18H2,1-4H3,(H,25,28). The molecule has 1 aliphatic rings. The lowest BCUT2D eigenvalue weighted by Gasteiger charge is -2.35. The van der Waals surface area contributed by atoms with Crippen molar-refractivity contribution in [3.63, 3.8) is 0 Å². The maximum Gasteiger partial charge on any atom is 0.258 e. The Kier molecular flexibility index (Phi) is 6.80. The quantitative estimate of drug-likeness (QED) is 0.814. The predicted octanol–water partition coefficient (Wildman–Crippen LogP) is 3.43. The predicted molar refractivity (Wildman–Crippen MR) is 119 cm³/mol. The van der Waals surface area contributed by atoms with Gasteiger partial charge in [0.15, 0.2) is 6.61 Å². The third-order valence-corrected chi connectivity index (χ3v) is 5.38. The summed E-state index contributed by atoms with van der Waals surface area (Å²) in [7, 11) is 2.15. The highest BCUT2D eigenvalue weighted by atomic mass is 16.5. The molecule has 29 heavy (non-hydrogen) atoms. The van der Waals surface area contributed by atoms with Gasteiger partial charge in [-0.3, -0.25) is 4.79 Å². The van der Waals surface area contributed by atoms with Crippen LogP contribution in [0.4, 0.5) is 5.69 Å². The number of nitrogens with zero attached hydrogens (tertiary/aromatic N) is 2. The molecule has 1 N–H and O–H groups in total. The van der Waals surface area contributed by atoms with Gasteiger partial charge in [0.25, 0.3) is 5.91 Å². The summed E-state index contributed by atoms with van der Waals surface area (Å²) in [4.78, 5) is 17.1. The molecule has 1 aliphatic heterocycles. The summed E-state index contributed by atoms with van der Waals surface area (Å²) < 4.78 is 5.72. The molecule has 1 fully saturated rings. The third-order valence-electron chi connectivity index (χ3n) is 5.38. The van der Waals surface area contributed by atoms with Gasteiger partial charge in [-0.15, -0.1) is 0 Å². The number of rotatable bonds is 6. The summed E-state index contributed by atoms with van der Waals surface area (Å²) in [6.07, 6.45) is 0. The smallest absolute Gasteiger partial charge is 0.258 e. The molecular formula is C24H33N3O2. The first-order chi connectivity index (χ1) is 13.8. The lowest BCUT2D eigenvalue weighted by molar-refractivity contribution is -0.123. The van der Waals surface area contributed by atoms with Crippen LogP contribution in [0.25, 0.3) is 0 Å². The summed E-state index contributed by atoms with van der Waals surface area (Å²) in [5.41, 5.74) is 3.59. The fourth-order valence-electron chi connectivity index (χ4n) is 3.46. The summed E-state index contributed by atoms with van der Waals surface area (Å²) in [6.45, 7) is 11.1. The van der Waals surface area contributed by atoms with Gasteiger partial charge in [0.05, 0.1) is 0 Å². The number of ether oxygens (including phenoxy) is 1. The van der Waals surface area contributed by atoms with Crippen LogP contribution in [0.15, 0.2) is 48.5 Å². The van der Waals surface area contributed by atoms with Crippen LogP contribution in [0.3, 0.4) is 0 Å². The van der Waals surface area contributed by atoms with E-state index in [1.807, 2.05) is 24.3 Å². The fraction of sp³-hybridized carbons (Fsp3) is 0.458. The van der Waals surface area contributed by atoms with Crippen LogP contribution in [0.2, 0.25) is 0 Å². The highest BCUT2D eigenvalue weighted by Crippen LogP contribution is 2.25. The number of benzene rings is 2. The second-order valence-electron chi connectivity index (χ2n) is 8.76. The minimum Gasteiger partial charge on any atom is -0.484 e. The van der Waals surface area contributed by atoms with Crippen molar-refractivity contribution in [1.82, 2.24) is 10.2 Å². The molecule has 2 aromatic carbocycles. The maximum atomic E-state index is 12.3. The number of hydrogen-bond donors (Lipinski definition) is 1. The van der Waals surface area contributed by atoms with E-state index in [0.717, 1.165) is 37.5 Å². The fourth-order valence-corrected chi connectivity index (χ4v) is 3.46. The van der Waals surface area contributed by atoms with E-state index in [2.05, 4.69) is 67.2 Å². The Balaban J connectivity index is 1.54. The first-order valence-corrected chi connectivity index (χ1v) is 10.3. The van der Waals surface area contributed by atoms with E-state index >= 15 is 0 Å². The normalized spacial score (nSPS) is 15.2. The minimum absolute atomic E-state index is 0.0181. The Morgan fingerprint density at radius 3 is 2.48 bits per heavy atom. The van der Waals surface area contributed by atoms with E-state index in [1.165, 1.54) is 11.3 Å². The van der Waals surface area contributed by atoms with Crippen molar-refractivity contribution < 1.29 is 9.53 Å². The molecule has 5 heteroatoms.